The second kappa shape index (κ2) is 8.85. The minimum Gasteiger partial charge on any atom is -0.363 e. The van der Waals surface area contributed by atoms with Crippen molar-refractivity contribution >= 4 is 27.7 Å². The first-order valence-corrected chi connectivity index (χ1v) is 11.8. The van der Waals surface area contributed by atoms with E-state index in [2.05, 4.69) is 15.3 Å². The summed E-state index contributed by atoms with van der Waals surface area (Å²) < 4.78 is 69.5. The van der Waals surface area contributed by atoms with E-state index >= 15 is 4.39 Å². The molecule has 33 heavy (non-hydrogen) atoms. The molecule has 0 aliphatic carbocycles. The van der Waals surface area contributed by atoms with Crippen molar-refractivity contribution in [1.29, 1.82) is 0 Å². The molecule has 0 radical (unpaired) electrons. The van der Waals surface area contributed by atoms with E-state index in [1.807, 2.05) is 0 Å². The highest BCUT2D eigenvalue weighted by molar-refractivity contribution is 7.85. The first-order valence-electron chi connectivity index (χ1n) is 10.3. The minimum absolute atomic E-state index is 0.0151. The molecule has 3 aromatic rings. The summed E-state index contributed by atoms with van der Waals surface area (Å²) in [5, 5.41) is 3.31. The molecule has 1 fully saturated rings. The highest BCUT2D eigenvalue weighted by Crippen LogP contribution is 2.37. The zero-order valence-corrected chi connectivity index (χ0v) is 18.8. The Bertz CT molecular complexity index is 1290. The van der Waals surface area contributed by atoms with Gasteiger partial charge in [0.25, 0.3) is 12.0 Å². The fourth-order valence-corrected chi connectivity index (χ4v) is 5.41. The standard InChI is InChI=1S/C22H22F4N4O2S/c1-12(13-4-3-5-14(17(13)23)18(24)25)29-19-15-10-16(22(26)6-8-33(32)9-7-22)21(31)30(2)20(15)28-11-27-19/h3-5,10-12,18H,6-9H2,1-2H3,(H,27,28,29). The highest BCUT2D eigenvalue weighted by atomic mass is 32.2. The average molecular weight is 483 g/mol. The summed E-state index contributed by atoms with van der Waals surface area (Å²) in [4.78, 5) is 21.2. The molecule has 1 N–H and O–H groups in total. The van der Waals surface area contributed by atoms with Gasteiger partial charge in [-0.3, -0.25) is 13.6 Å². The summed E-state index contributed by atoms with van der Waals surface area (Å²) in [5.74, 6) is -0.499. The number of rotatable bonds is 5. The first kappa shape index (κ1) is 23.3. The summed E-state index contributed by atoms with van der Waals surface area (Å²) in [5.41, 5.74) is -3.02. The number of alkyl halides is 3. The Labute approximate surface area is 189 Å². The molecule has 1 saturated heterocycles. The third-order valence-electron chi connectivity index (χ3n) is 6.05. The van der Waals surface area contributed by atoms with Gasteiger partial charge in [0, 0.05) is 34.9 Å². The van der Waals surface area contributed by atoms with Gasteiger partial charge in [-0.1, -0.05) is 18.2 Å². The van der Waals surface area contributed by atoms with Gasteiger partial charge >= 0.3 is 0 Å². The predicted octanol–water partition coefficient (Wildman–Crippen LogP) is 4.29. The molecular formula is C22H22F4N4O2S. The topological polar surface area (TPSA) is 76.9 Å². The van der Waals surface area contributed by atoms with Gasteiger partial charge in [0.2, 0.25) is 0 Å². The molecule has 0 spiro atoms. The van der Waals surface area contributed by atoms with E-state index < -0.39 is 45.9 Å². The number of halogens is 4. The Morgan fingerprint density at radius 2 is 1.85 bits per heavy atom. The molecule has 3 heterocycles. The quantitative estimate of drug-likeness (QED) is 0.550. The Hall–Kier alpha value is -2.82. The number of pyridine rings is 1. The number of benzene rings is 1. The minimum atomic E-state index is -2.96. The normalized spacial score (nSPS) is 22.0. The Morgan fingerprint density at radius 3 is 2.52 bits per heavy atom. The van der Waals surface area contributed by atoms with Gasteiger partial charge in [-0.15, -0.1) is 0 Å². The maximum atomic E-state index is 15.7. The van der Waals surface area contributed by atoms with Crippen molar-refractivity contribution in [1.82, 2.24) is 14.5 Å². The Morgan fingerprint density at radius 1 is 1.18 bits per heavy atom. The van der Waals surface area contributed by atoms with Crippen LogP contribution in [0.3, 0.4) is 0 Å². The number of hydrogen-bond acceptors (Lipinski definition) is 5. The molecule has 4 rings (SSSR count). The maximum absolute atomic E-state index is 15.7. The second-order valence-electron chi connectivity index (χ2n) is 8.11. The van der Waals surface area contributed by atoms with Gasteiger partial charge in [0.05, 0.1) is 22.6 Å². The van der Waals surface area contributed by atoms with Crippen LogP contribution in [0.25, 0.3) is 11.0 Å². The number of nitrogens with zero attached hydrogens (tertiary/aromatic N) is 3. The van der Waals surface area contributed by atoms with Crippen LogP contribution in [0.4, 0.5) is 23.4 Å². The van der Waals surface area contributed by atoms with Crippen LogP contribution >= 0.6 is 0 Å². The Balaban J connectivity index is 1.78. The molecule has 11 heteroatoms. The first-order chi connectivity index (χ1) is 15.6. The second-order valence-corrected chi connectivity index (χ2v) is 9.81. The molecule has 0 saturated carbocycles. The molecule has 1 aliphatic heterocycles. The average Bonchev–Trinajstić information content (AvgIpc) is 2.78. The van der Waals surface area contributed by atoms with Gasteiger partial charge in [0.15, 0.2) is 0 Å². The van der Waals surface area contributed by atoms with Crippen molar-refractivity contribution in [2.45, 2.75) is 37.9 Å². The van der Waals surface area contributed by atoms with Crippen LogP contribution in [-0.4, -0.2) is 30.2 Å². The van der Waals surface area contributed by atoms with Gasteiger partial charge in [-0.25, -0.2) is 27.5 Å². The number of nitrogens with one attached hydrogen (secondary N) is 1. The van der Waals surface area contributed by atoms with Crippen LogP contribution in [0.2, 0.25) is 0 Å². The molecule has 6 nitrogen and oxygen atoms in total. The predicted molar refractivity (Wildman–Crippen MR) is 118 cm³/mol. The number of aromatic nitrogens is 3. The summed E-state index contributed by atoms with van der Waals surface area (Å²) >= 11 is 0. The number of aryl methyl sites for hydroxylation is 1. The lowest BCUT2D eigenvalue weighted by Crippen LogP contribution is -2.37. The molecule has 0 amide bonds. The van der Waals surface area contributed by atoms with Gasteiger partial charge in [-0.05, 0) is 25.8 Å². The van der Waals surface area contributed by atoms with Crippen molar-refractivity contribution in [3.05, 3.63) is 63.5 Å². The SMILES string of the molecule is CC(Nc1ncnc2c1cc(C1(F)CCS(=O)CC1)c(=O)n2C)c1cccc(C(F)F)c1F. The van der Waals surface area contributed by atoms with E-state index in [0.717, 1.165) is 6.07 Å². The lowest BCUT2D eigenvalue weighted by molar-refractivity contribution is 0.146. The summed E-state index contributed by atoms with van der Waals surface area (Å²) in [6.07, 6.45) is -1.84. The lowest BCUT2D eigenvalue weighted by atomic mass is 9.90. The van der Waals surface area contributed by atoms with E-state index in [4.69, 9.17) is 0 Å². The molecule has 0 bridgehead atoms. The van der Waals surface area contributed by atoms with Crippen molar-refractivity contribution < 1.29 is 21.8 Å². The van der Waals surface area contributed by atoms with E-state index in [1.54, 1.807) is 6.92 Å². The van der Waals surface area contributed by atoms with Crippen LogP contribution < -0.4 is 10.9 Å². The van der Waals surface area contributed by atoms with Crippen LogP contribution in [0, 0.1) is 5.82 Å². The van der Waals surface area contributed by atoms with E-state index in [0.29, 0.717) is 5.39 Å². The number of anilines is 1. The van der Waals surface area contributed by atoms with Crippen molar-refractivity contribution in [3.63, 3.8) is 0 Å². The van der Waals surface area contributed by atoms with Crippen LogP contribution in [0.15, 0.2) is 35.4 Å². The highest BCUT2D eigenvalue weighted by Gasteiger charge is 2.39. The maximum Gasteiger partial charge on any atom is 0.266 e. The van der Waals surface area contributed by atoms with Crippen LogP contribution in [-0.2, 0) is 23.5 Å². The largest absolute Gasteiger partial charge is 0.363 e. The summed E-state index contributed by atoms with van der Waals surface area (Å²) in [7, 11) is 0.347. The Kier molecular flexibility index (Phi) is 6.26. The van der Waals surface area contributed by atoms with Crippen LogP contribution in [0.5, 0.6) is 0 Å². The third-order valence-corrected chi connectivity index (χ3v) is 7.37. The van der Waals surface area contributed by atoms with Crippen LogP contribution in [0.1, 0.15) is 48.9 Å². The zero-order valence-electron chi connectivity index (χ0n) is 17.9. The van der Waals surface area contributed by atoms with Crippen molar-refractivity contribution in [2.24, 2.45) is 7.05 Å². The monoisotopic (exact) mass is 482 g/mol. The molecule has 1 atom stereocenters. The van der Waals surface area contributed by atoms with Crippen molar-refractivity contribution in [2.75, 3.05) is 16.8 Å². The molecule has 176 valence electrons. The van der Waals surface area contributed by atoms with E-state index in [-0.39, 0.29) is 46.9 Å². The molecule has 1 aliphatic rings. The molecule has 2 aromatic heterocycles. The third kappa shape index (κ3) is 4.25. The van der Waals surface area contributed by atoms with E-state index in [1.165, 1.54) is 36.1 Å². The number of hydrogen-bond donors (Lipinski definition) is 1. The summed E-state index contributed by atoms with van der Waals surface area (Å²) in [6, 6.07) is 4.38. The van der Waals surface area contributed by atoms with E-state index in [9.17, 15) is 22.2 Å². The zero-order chi connectivity index (χ0) is 23.9. The van der Waals surface area contributed by atoms with Crippen molar-refractivity contribution in [3.8, 4) is 0 Å². The lowest BCUT2D eigenvalue weighted by Gasteiger charge is -2.29. The fraction of sp³-hybridized carbons (Fsp3) is 0.409. The molecule has 1 unspecified atom stereocenters. The van der Waals surface area contributed by atoms with Gasteiger partial charge in [0.1, 0.15) is 29.3 Å². The molecular weight excluding hydrogens is 460 g/mol. The fourth-order valence-electron chi connectivity index (χ4n) is 4.11. The van der Waals surface area contributed by atoms with Gasteiger partial charge in [-0.2, -0.15) is 0 Å². The van der Waals surface area contributed by atoms with Gasteiger partial charge < -0.3 is 5.32 Å². The molecule has 1 aromatic carbocycles. The number of fused-ring (bicyclic) bond motifs is 1. The summed E-state index contributed by atoms with van der Waals surface area (Å²) in [6.45, 7) is 1.58. The smallest absolute Gasteiger partial charge is 0.266 e.